The number of hydrogen-bond acceptors (Lipinski definition) is 2. The Bertz CT molecular complexity index is 745. The minimum atomic E-state index is 0.887. The van der Waals surface area contributed by atoms with Gasteiger partial charge in [0.25, 0.3) is 0 Å². The smallest absolute Gasteiger partial charge is 0.124 e. The lowest BCUT2D eigenvalue weighted by molar-refractivity contribution is 0.412. The van der Waals surface area contributed by atoms with E-state index in [0.29, 0.717) is 0 Å². The fourth-order valence-corrected chi connectivity index (χ4v) is 2.63. The molecule has 3 heteroatoms. The molecule has 0 fully saturated rings. The van der Waals surface area contributed by atoms with Crippen LogP contribution >= 0.6 is 0 Å². The predicted octanol–water partition coefficient (Wildman–Crippen LogP) is 3.90. The molecule has 3 nitrogen and oxygen atoms in total. The van der Waals surface area contributed by atoms with Gasteiger partial charge in [0.2, 0.25) is 0 Å². The molecule has 0 spiro atoms. The second-order valence-corrected chi connectivity index (χ2v) is 4.81. The third kappa shape index (κ3) is 1.86. The van der Waals surface area contributed by atoms with E-state index in [1.54, 1.807) is 7.11 Å². The van der Waals surface area contributed by atoms with Crippen molar-refractivity contribution in [2.75, 3.05) is 7.11 Å². The van der Waals surface area contributed by atoms with Crippen LogP contribution in [0.5, 0.6) is 5.75 Å². The quantitative estimate of drug-likeness (QED) is 0.718. The maximum Gasteiger partial charge on any atom is 0.124 e. The molecule has 1 aromatic heterocycles. The van der Waals surface area contributed by atoms with E-state index in [1.807, 2.05) is 12.1 Å². The number of nitrogens with zero attached hydrogens (tertiary/aromatic N) is 2. The molecule has 102 valence electrons. The lowest BCUT2D eigenvalue weighted by Gasteiger charge is -2.09. The molecule has 1 heterocycles. The molecule has 0 bridgehead atoms. The molecule has 20 heavy (non-hydrogen) atoms. The van der Waals surface area contributed by atoms with Gasteiger partial charge in [-0.25, -0.2) is 4.98 Å². The van der Waals surface area contributed by atoms with Gasteiger partial charge in [0.15, 0.2) is 0 Å². The van der Waals surface area contributed by atoms with E-state index in [0.717, 1.165) is 40.3 Å². The zero-order chi connectivity index (χ0) is 14.1. The third-order valence-electron chi connectivity index (χ3n) is 3.65. The fraction of sp³-hybridized carbons (Fsp3) is 0.235. The molecule has 0 radical (unpaired) electrons. The van der Waals surface area contributed by atoms with Crippen LogP contribution in [0.1, 0.15) is 18.3 Å². The first kappa shape index (κ1) is 12.7. The van der Waals surface area contributed by atoms with Gasteiger partial charge in [-0.3, -0.25) is 4.57 Å². The Morgan fingerprint density at radius 3 is 2.50 bits per heavy atom. The first-order chi connectivity index (χ1) is 9.76. The molecule has 2 aromatic carbocycles. The first-order valence-corrected chi connectivity index (χ1v) is 6.86. The Balaban J connectivity index is 2.34. The summed E-state index contributed by atoms with van der Waals surface area (Å²) in [5.74, 6) is 1.96. The third-order valence-corrected chi connectivity index (χ3v) is 3.65. The van der Waals surface area contributed by atoms with E-state index in [4.69, 9.17) is 9.72 Å². The maximum absolute atomic E-state index is 5.39. The number of rotatable bonds is 3. The molecular weight excluding hydrogens is 248 g/mol. The lowest BCUT2D eigenvalue weighted by Crippen LogP contribution is -1.99. The highest BCUT2D eigenvalue weighted by atomic mass is 16.5. The van der Waals surface area contributed by atoms with E-state index >= 15 is 0 Å². The summed E-state index contributed by atoms with van der Waals surface area (Å²) in [6, 6.07) is 14.5. The molecule has 0 amide bonds. The number of ether oxygens (including phenoxy) is 1. The monoisotopic (exact) mass is 266 g/mol. The van der Waals surface area contributed by atoms with Crippen molar-refractivity contribution in [1.82, 2.24) is 9.55 Å². The average molecular weight is 266 g/mol. The van der Waals surface area contributed by atoms with Gasteiger partial charge in [0, 0.05) is 17.7 Å². The van der Waals surface area contributed by atoms with Crippen LogP contribution < -0.4 is 4.74 Å². The number of imidazole rings is 1. The van der Waals surface area contributed by atoms with Crippen molar-refractivity contribution in [2.45, 2.75) is 20.3 Å². The topological polar surface area (TPSA) is 27.1 Å². The summed E-state index contributed by atoms with van der Waals surface area (Å²) in [6.45, 7) is 4.19. The van der Waals surface area contributed by atoms with Gasteiger partial charge in [0.05, 0.1) is 18.1 Å². The van der Waals surface area contributed by atoms with Gasteiger partial charge in [-0.1, -0.05) is 25.1 Å². The zero-order valence-electron chi connectivity index (χ0n) is 12.1. The molecule has 3 rings (SSSR count). The summed E-state index contributed by atoms with van der Waals surface area (Å²) < 4.78 is 7.62. The van der Waals surface area contributed by atoms with Crippen molar-refractivity contribution in [3.05, 3.63) is 53.9 Å². The van der Waals surface area contributed by atoms with E-state index in [9.17, 15) is 0 Å². The van der Waals surface area contributed by atoms with Crippen molar-refractivity contribution < 1.29 is 4.74 Å². The van der Waals surface area contributed by atoms with Crippen molar-refractivity contribution >= 4 is 11.0 Å². The van der Waals surface area contributed by atoms with Crippen LogP contribution in [0.15, 0.2) is 42.5 Å². The molecule has 0 unspecified atom stereocenters. The zero-order valence-corrected chi connectivity index (χ0v) is 12.1. The highest BCUT2D eigenvalue weighted by Crippen LogP contribution is 2.29. The standard InChI is InChI=1S/C17H18N2O/c1-4-16-18-17-12(2)15(20-3)11-10-14(17)19(16)13-8-6-5-7-9-13/h5-11H,4H2,1-3H3. The second kappa shape index (κ2) is 5.00. The van der Waals surface area contributed by atoms with Crippen LogP contribution in [0.2, 0.25) is 0 Å². The SMILES string of the molecule is CCc1nc2c(C)c(OC)ccc2n1-c1ccccc1. The Morgan fingerprint density at radius 2 is 1.85 bits per heavy atom. The van der Waals surface area contributed by atoms with Gasteiger partial charge < -0.3 is 4.74 Å². The van der Waals surface area contributed by atoms with Gasteiger partial charge >= 0.3 is 0 Å². The van der Waals surface area contributed by atoms with Crippen LogP contribution in [-0.2, 0) is 6.42 Å². The highest BCUT2D eigenvalue weighted by molar-refractivity contribution is 5.83. The molecule has 0 aliphatic carbocycles. The summed E-state index contributed by atoms with van der Waals surface area (Å²) in [5, 5.41) is 0. The Hall–Kier alpha value is -2.29. The normalized spacial score (nSPS) is 10.9. The van der Waals surface area contributed by atoms with Crippen molar-refractivity contribution in [3.8, 4) is 11.4 Å². The fourth-order valence-electron chi connectivity index (χ4n) is 2.63. The largest absolute Gasteiger partial charge is 0.496 e. The number of benzene rings is 2. The van der Waals surface area contributed by atoms with E-state index in [2.05, 4.69) is 48.7 Å². The number of aromatic nitrogens is 2. The van der Waals surface area contributed by atoms with Gasteiger partial charge in [-0.2, -0.15) is 0 Å². The number of hydrogen-bond donors (Lipinski definition) is 0. The highest BCUT2D eigenvalue weighted by Gasteiger charge is 2.14. The average Bonchev–Trinajstić information content (AvgIpc) is 2.88. The Labute approximate surface area is 118 Å². The van der Waals surface area contributed by atoms with Crippen LogP contribution in [0, 0.1) is 6.92 Å². The van der Waals surface area contributed by atoms with Crippen LogP contribution in [-0.4, -0.2) is 16.7 Å². The molecule has 3 aromatic rings. The van der Waals surface area contributed by atoms with E-state index in [1.165, 1.54) is 0 Å². The van der Waals surface area contributed by atoms with Gasteiger partial charge in [-0.05, 0) is 31.2 Å². The summed E-state index contributed by atoms with van der Waals surface area (Å²) in [4.78, 5) is 4.80. The minimum absolute atomic E-state index is 0.887. The first-order valence-electron chi connectivity index (χ1n) is 6.86. The predicted molar refractivity (Wildman–Crippen MR) is 81.7 cm³/mol. The number of methoxy groups -OCH3 is 1. The molecule has 0 atom stereocenters. The Kier molecular flexibility index (Phi) is 3.18. The number of aryl methyl sites for hydroxylation is 2. The minimum Gasteiger partial charge on any atom is -0.496 e. The van der Waals surface area contributed by atoms with Gasteiger partial charge in [0.1, 0.15) is 11.6 Å². The number of para-hydroxylation sites is 1. The molecular formula is C17H18N2O. The van der Waals surface area contributed by atoms with Crippen LogP contribution in [0.25, 0.3) is 16.7 Å². The summed E-state index contributed by atoms with van der Waals surface area (Å²) in [7, 11) is 1.70. The maximum atomic E-state index is 5.39. The summed E-state index contributed by atoms with van der Waals surface area (Å²) in [5.41, 5.74) is 4.39. The molecule has 0 saturated heterocycles. The van der Waals surface area contributed by atoms with Gasteiger partial charge in [-0.15, -0.1) is 0 Å². The molecule has 0 saturated carbocycles. The number of fused-ring (bicyclic) bond motifs is 1. The van der Waals surface area contributed by atoms with Crippen molar-refractivity contribution in [1.29, 1.82) is 0 Å². The van der Waals surface area contributed by atoms with Crippen LogP contribution in [0.4, 0.5) is 0 Å². The van der Waals surface area contributed by atoms with E-state index in [-0.39, 0.29) is 0 Å². The second-order valence-electron chi connectivity index (χ2n) is 4.81. The van der Waals surface area contributed by atoms with E-state index < -0.39 is 0 Å². The summed E-state index contributed by atoms with van der Waals surface area (Å²) >= 11 is 0. The molecule has 0 aliphatic rings. The molecule has 0 aliphatic heterocycles. The lowest BCUT2D eigenvalue weighted by atomic mass is 10.2. The molecule has 0 N–H and O–H groups in total. The van der Waals surface area contributed by atoms with Crippen molar-refractivity contribution in [3.63, 3.8) is 0 Å². The summed E-state index contributed by atoms with van der Waals surface area (Å²) in [6.07, 6.45) is 0.894. The Morgan fingerprint density at radius 1 is 1.10 bits per heavy atom. The van der Waals surface area contributed by atoms with Crippen LogP contribution in [0.3, 0.4) is 0 Å². The van der Waals surface area contributed by atoms with Crippen molar-refractivity contribution in [2.24, 2.45) is 0 Å².